The zero-order valence-corrected chi connectivity index (χ0v) is 7.34. The number of nitrogens with two attached hydrogens (primary N) is 1. The standard InChI is InChI=1S/C8H18N2O/c1-4-5-8(11-3)10-6-7(2)9/h4,7-8,10H,1,5-6,9H2,2-3H3. The number of hydrogen-bond donors (Lipinski definition) is 2. The van der Waals surface area contributed by atoms with Gasteiger partial charge in [0, 0.05) is 26.1 Å². The van der Waals surface area contributed by atoms with Gasteiger partial charge in [0.1, 0.15) is 6.23 Å². The minimum absolute atomic E-state index is 0.0542. The summed E-state index contributed by atoms with van der Waals surface area (Å²) in [6.07, 6.45) is 2.68. The van der Waals surface area contributed by atoms with Crippen molar-refractivity contribution in [1.29, 1.82) is 0 Å². The van der Waals surface area contributed by atoms with Crippen LogP contribution in [0.3, 0.4) is 0 Å². The Hall–Kier alpha value is -0.380. The van der Waals surface area contributed by atoms with Gasteiger partial charge in [-0.1, -0.05) is 6.08 Å². The Morgan fingerprint density at radius 3 is 2.73 bits per heavy atom. The molecule has 3 nitrogen and oxygen atoms in total. The van der Waals surface area contributed by atoms with Gasteiger partial charge in [-0.3, -0.25) is 5.32 Å². The highest BCUT2D eigenvalue weighted by atomic mass is 16.5. The van der Waals surface area contributed by atoms with E-state index in [9.17, 15) is 0 Å². The summed E-state index contributed by atoms with van der Waals surface area (Å²) in [6, 6.07) is 0.164. The van der Waals surface area contributed by atoms with E-state index in [1.165, 1.54) is 0 Å². The molecule has 0 saturated heterocycles. The van der Waals surface area contributed by atoms with E-state index in [4.69, 9.17) is 10.5 Å². The van der Waals surface area contributed by atoms with Crippen LogP contribution in [-0.4, -0.2) is 25.9 Å². The molecule has 0 aliphatic carbocycles. The number of methoxy groups -OCH3 is 1. The van der Waals surface area contributed by atoms with Crippen LogP contribution in [0.5, 0.6) is 0 Å². The molecule has 0 aliphatic rings. The zero-order valence-electron chi connectivity index (χ0n) is 7.34. The fourth-order valence-electron chi connectivity index (χ4n) is 0.732. The number of ether oxygens (including phenoxy) is 1. The molecule has 3 N–H and O–H groups in total. The van der Waals surface area contributed by atoms with Crippen LogP contribution in [0, 0.1) is 0 Å². The van der Waals surface area contributed by atoms with Crippen LogP contribution in [0.1, 0.15) is 13.3 Å². The first-order valence-electron chi connectivity index (χ1n) is 3.83. The summed E-state index contributed by atoms with van der Waals surface area (Å²) in [5, 5.41) is 3.15. The Labute approximate surface area is 68.6 Å². The number of hydrogen-bond acceptors (Lipinski definition) is 3. The van der Waals surface area contributed by atoms with Crippen molar-refractivity contribution in [3.05, 3.63) is 12.7 Å². The van der Waals surface area contributed by atoms with Gasteiger partial charge >= 0.3 is 0 Å². The van der Waals surface area contributed by atoms with E-state index in [0.717, 1.165) is 13.0 Å². The molecule has 0 rings (SSSR count). The van der Waals surface area contributed by atoms with Gasteiger partial charge in [0.15, 0.2) is 0 Å². The van der Waals surface area contributed by atoms with Crippen LogP contribution in [0.25, 0.3) is 0 Å². The Morgan fingerprint density at radius 2 is 2.36 bits per heavy atom. The summed E-state index contributed by atoms with van der Waals surface area (Å²) < 4.78 is 5.10. The van der Waals surface area contributed by atoms with E-state index >= 15 is 0 Å². The average molecular weight is 158 g/mol. The first-order chi connectivity index (χ1) is 5.20. The minimum Gasteiger partial charge on any atom is -0.366 e. The van der Waals surface area contributed by atoms with Gasteiger partial charge in [-0.05, 0) is 6.92 Å². The van der Waals surface area contributed by atoms with Crippen LogP contribution >= 0.6 is 0 Å². The van der Waals surface area contributed by atoms with Gasteiger partial charge in [0.25, 0.3) is 0 Å². The summed E-state index contributed by atoms with van der Waals surface area (Å²) in [6.45, 7) is 6.35. The third kappa shape index (κ3) is 6.04. The van der Waals surface area contributed by atoms with Crippen molar-refractivity contribution in [2.75, 3.05) is 13.7 Å². The smallest absolute Gasteiger partial charge is 0.111 e. The molecule has 0 aliphatic heterocycles. The molecule has 2 unspecified atom stereocenters. The molecule has 0 saturated carbocycles. The van der Waals surface area contributed by atoms with Crippen molar-refractivity contribution < 1.29 is 4.74 Å². The summed E-state index contributed by atoms with van der Waals surface area (Å²) in [5.74, 6) is 0. The van der Waals surface area contributed by atoms with Crippen molar-refractivity contribution in [1.82, 2.24) is 5.32 Å². The third-order valence-electron chi connectivity index (χ3n) is 1.33. The molecule has 3 heteroatoms. The molecule has 2 atom stereocenters. The van der Waals surface area contributed by atoms with E-state index < -0.39 is 0 Å². The van der Waals surface area contributed by atoms with Gasteiger partial charge < -0.3 is 10.5 Å². The maximum absolute atomic E-state index is 5.55. The van der Waals surface area contributed by atoms with E-state index in [1.807, 2.05) is 13.0 Å². The van der Waals surface area contributed by atoms with Crippen LogP contribution in [0.2, 0.25) is 0 Å². The molecule has 0 bridgehead atoms. The van der Waals surface area contributed by atoms with Gasteiger partial charge in [-0.2, -0.15) is 0 Å². The van der Waals surface area contributed by atoms with Crippen molar-refractivity contribution in [2.45, 2.75) is 25.6 Å². The van der Waals surface area contributed by atoms with Crippen LogP contribution in [0.15, 0.2) is 12.7 Å². The Kier molecular flexibility index (Phi) is 6.12. The molecule has 0 fully saturated rings. The molecule has 0 radical (unpaired) electrons. The summed E-state index contributed by atoms with van der Waals surface area (Å²) in [4.78, 5) is 0. The second-order valence-electron chi connectivity index (χ2n) is 2.63. The fraction of sp³-hybridized carbons (Fsp3) is 0.750. The molecule has 0 aromatic heterocycles. The van der Waals surface area contributed by atoms with E-state index in [0.29, 0.717) is 0 Å². The molecule has 11 heavy (non-hydrogen) atoms. The van der Waals surface area contributed by atoms with Crippen molar-refractivity contribution >= 4 is 0 Å². The van der Waals surface area contributed by atoms with Gasteiger partial charge in [0.05, 0.1) is 0 Å². The lowest BCUT2D eigenvalue weighted by Crippen LogP contribution is -2.38. The molecule has 0 spiro atoms. The zero-order chi connectivity index (χ0) is 8.69. The van der Waals surface area contributed by atoms with Crippen molar-refractivity contribution in [3.8, 4) is 0 Å². The lowest BCUT2D eigenvalue weighted by atomic mass is 10.3. The maximum atomic E-state index is 5.55. The Balaban J connectivity index is 3.43. The van der Waals surface area contributed by atoms with Crippen LogP contribution in [0.4, 0.5) is 0 Å². The monoisotopic (exact) mass is 158 g/mol. The fourth-order valence-corrected chi connectivity index (χ4v) is 0.732. The SMILES string of the molecule is C=CCC(NCC(C)N)OC. The summed E-state index contributed by atoms with van der Waals surface area (Å²) >= 11 is 0. The molecule has 0 aromatic carbocycles. The van der Waals surface area contributed by atoms with Crippen molar-refractivity contribution in [2.24, 2.45) is 5.73 Å². The lowest BCUT2D eigenvalue weighted by Gasteiger charge is -2.16. The first-order valence-corrected chi connectivity index (χ1v) is 3.83. The largest absolute Gasteiger partial charge is 0.366 e. The van der Waals surface area contributed by atoms with E-state index in [1.54, 1.807) is 7.11 Å². The van der Waals surface area contributed by atoms with Crippen LogP contribution < -0.4 is 11.1 Å². The number of nitrogens with one attached hydrogen (secondary N) is 1. The lowest BCUT2D eigenvalue weighted by molar-refractivity contribution is 0.0757. The highest BCUT2D eigenvalue weighted by Gasteiger charge is 2.03. The van der Waals surface area contributed by atoms with Gasteiger partial charge in [-0.15, -0.1) is 6.58 Å². The first kappa shape index (κ1) is 10.6. The van der Waals surface area contributed by atoms with Crippen molar-refractivity contribution in [3.63, 3.8) is 0 Å². The summed E-state index contributed by atoms with van der Waals surface area (Å²) in [5.41, 5.74) is 5.55. The Bertz CT molecular complexity index is 104. The minimum atomic E-state index is 0.0542. The molecule has 0 aromatic rings. The third-order valence-corrected chi connectivity index (χ3v) is 1.33. The predicted molar refractivity (Wildman–Crippen MR) is 47.3 cm³/mol. The molecule has 0 amide bonds. The van der Waals surface area contributed by atoms with Gasteiger partial charge in [0.2, 0.25) is 0 Å². The second kappa shape index (κ2) is 6.34. The molecule has 0 heterocycles. The predicted octanol–water partition coefficient (Wildman–Crippen LogP) is 0.472. The van der Waals surface area contributed by atoms with E-state index in [-0.39, 0.29) is 12.3 Å². The van der Waals surface area contributed by atoms with E-state index in [2.05, 4.69) is 11.9 Å². The van der Waals surface area contributed by atoms with Gasteiger partial charge in [-0.25, -0.2) is 0 Å². The molecule has 66 valence electrons. The molecular formula is C8H18N2O. The normalized spacial score (nSPS) is 15.9. The maximum Gasteiger partial charge on any atom is 0.111 e. The Morgan fingerprint density at radius 1 is 1.73 bits per heavy atom. The van der Waals surface area contributed by atoms with Crippen LogP contribution in [-0.2, 0) is 4.74 Å². The summed E-state index contributed by atoms with van der Waals surface area (Å²) in [7, 11) is 1.67. The molecular weight excluding hydrogens is 140 g/mol. The highest BCUT2D eigenvalue weighted by Crippen LogP contribution is 1.92. The average Bonchev–Trinajstić information content (AvgIpc) is 1.97. The highest BCUT2D eigenvalue weighted by molar-refractivity contribution is 4.72. The number of rotatable bonds is 6. The quantitative estimate of drug-likeness (QED) is 0.436. The topological polar surface area (TPSA) is 47.3 Å². The second-order valence-corrected chi connectivity index (χ2v) is 2.63.